The Morgan fingerprint density at radius 2 is 2.14 bits per heavy atom. The van der Waals surface area contributed by atoms with E-state index in [9.17, 15) is 14.7 Å². The fraction of sp³-hybridized carbons (Fsp3) is 0.533. The Labute approximate surface area is 132 Å². The Balaban J connectivity index is 2.04. The Kier molecular flexibility index (Phi) is 4.98. The zero-order valence-electron chi connectivity index (χ0n) is 11.9. The first kappa shape index (κ1) is 15.9. The van der Waals surface area contributed by atoms with E-state index in [0.29, 0.717) is 28.9 Å². The number of carboxylic acids is 1. The van der Waals surface area contributed by atoms with Gasteiger partial charge in [0, 0.05) is 12.7 Å². The minimum absolute atomic E-state index is 0.162. The number of halogens is 1. The van der Waals surface area contributed by atoms with Gasteiger partial charge < -0.3 is 10.4 Å². The molecule has 1 aliphatic carbocycles. The first-order valence-corrected chi connectivity index (χ1v) is 7.86. The molecule has 1 aromatic rings. The normalized spacial score (nSPS) is 25.3. The number of amides is 1. The predicted molar refractivity (Wildman–Crippen MR) is 82.0 cm³/mol. The monoisotopic (exact) mass is 354 g/mol. The second-order valence-electron chi connectivity index (χ2n) is 5.79. The molecule has 1 aromatic heterocycles. The number of pyridine rings is 1. The summed E-state index contributed by atoms with van der Waals surface area (Å²) in [5.41, 5.74) is -0.418. The number of aliphatic carboxylic acids is 1. The highest BCUT2D eigenvalue weighted by atomic mass is 79.9. The molecule has 5 nitrogen and oxygen atoms in total. The van der Waals surface area contributed by atoms with Gasteiger partial charge in [-0.25, -0.2) is 4.98 Å². The molecule has 1 fully saturated rings. The summed E-state index contributed by atoms with van der Waals surface area (Å²) in [6, 6.07) is 3.33. The van der Waals surface area contributed by atoms with E-state index in [2.05, 4.69) is 33.2 Å². The molecule has 0 bridgehead atoms. The van der Waals surface area contributed by atoms with E-state index < -0.39 is 11.4 Å². The molecule has 1 aliphatic rings. The standard InChI is InChI=1S/C15H19BrN2O3/c1-10-4-6-15(7-5-10,14(20)21)9-18-13(19)11-3-2-8-17-12(11)16/h2-3,8,10H,4-7,9H2,1H3,(H,18,19)(H,20,21). The second-order valence-corrected chi connectivity index (χ2v) is 6.54. The summed E-state index contributed by atoms with van der Waals surface area (Å²) >= 11 is 3.22. The summed E-state index contributed by atoms with van der Waals surface area (Å²) in [6.07, 6.45) is 4.58. The van der Waals surface area contributed by atoms with Crippen molar-refractivity contribution in [2.45, 2.75) is 32.6 Å². The summed E-state index contributed by atoms with van der Waals surface area (Å²) in [7, 11) is 0. The SMILES string of the molecule is CC1CCC(CNC(=O)c2cccnc2Br)(C(=O)O)CC1. The van der Waals surface area contributed by atoms with Crippen LogP contribution in [0.15, 0.2) is 22.9 Å². The van der Waals surface area contributed by atoms with Crippen molar-refractivity contribution < 1.29 is 14.7 Å². The van der Waals surface area contributed by atoms with Gasteiger partial charge in [0.2, 0.25) is 0 Å². The van der Waals surface area contributed by atoms with Gasteiger partial charge in [-0.15, -0.1) is 0 Å². The number of hydrogen-bond acceptors (Lipinski definition) is 3. The van der Waals surface area contributed by atoms with Gasteiger partial charge in [0.25, 0.3) is 5.91 Å². The molecule has 1 amide bonds. The number of nitrogens with one attached hydrogen (secondary N) is 1. The molecule has 0 atom stereocenters. The molecule has 2 rings (SSSR count). The highest BCUT2D eigenvalue weighted by Crippen LogP contribution is 2.38. The molecule has 0 saturated heterocycles. The van der Waals surface area contributed by atoms with E-state index in [1.54, 1.807) is 18.3 Å². The lowest BCUT2D eigenvalue weighted by Crippen LogP contribution is -2.45. The van der Waals surface area contributed by atoms with Crippen molar-refractivity contribution in [1.82, 2.24) is 10.3 Å². The van der Waals surface area contributed by atoms with Crippen LogP contribution >= 0.6 is 15.9 Å². The zero-order chi connectivity index (χ0) is 15.5. The van der Waals surface area contributed by atoms with Crippen molar-refractivity contribution in [3.63, 3.8) is 0 Å². The Bertz CT molecular complexity index is 539. The number of aromatic nitrogens is 1. The summed E-state index contributed by atoms with van der Waals surface area (Å²) in [5, 5.41) is 12.3. The Hall–Kier alpha value is -1.43. The molecule has 0 aromatic carbocycles. The van der Waals surface area contributed by atoms with Crippen molar-refractivity contribution >= 4 is 27.8 Å². The van der Waals surface area contributed by atoms with Crippen molar-refractivity contribution in [2.75, 3.05) is 6.54 Å². The molecular weight excluding hydrogens is 336 g/mol. The van der Waals surface area contributed by atoms with Crippen LogP contribution in [0.3, 0.4) is 0 Å². The number of rotatable bonds is 4. The average molecular weight is 355 g/mol. The lowest BCUT2D eigenvalue weighted by molar-refractivity contribution is -0.151. The molecular formula is C15H19BrN2O3. The number of hydrogen-bond donors (Lipinski definition) is 2. The first-order chi connectivity index (χ1) is 9.94. The van der Waals surface area contributed by atoms with Crippen LogP contribution in [0.1, 0.15) is 43.0 Å². The minimum Gasteiger partial charge on any atom is -0.481 e. The smallest absolute Gasteiger partial charge is 0.311 e. The lowest BCUT2D eigenvalue weighted by atomic mass is 9.71. The molecule has 6 heteroatoms. The maximum absolute atomic E-state index is 12.2. The Morgan fingerprint density at radius 1 is 1.48 bits per heavy atom. The highest BCUT2D eigenvalue weighted by molar-refractivity contribution is 9.10. The molecule has 114 valence electrons. The molecule has 0 unspecified atom stereocenters. The first-order valence-electron chi connectivity index (χ1n) is 7.07. The third-order valence-corrected chi connectivity index (χ3v) is 4.91. The molecule has 0 spiro atoms. The summed E-state index contributed by atoms with van der Waals surface area (Å²) in [5.74, 6) is -0.560. The van der Waals surface area contributed by atoms with Gasteiger partial charge in [-0.3, -0.25) is 9.59 Å². The maximum atomic E-state index is 12.2. The molecule has 0 aliphatic heterocycles. The fourth-order valence-corrected chi connectivity index (χ4v) is 3.11. The molecule has 21 heavy (non-hydrogen) atoms. The molecule has 1 heterocycles. The highest BCUT2D eigenvalue weighted by Gasteiger charge is 2.41. The predicted octanol–water partition coefficient (Wildman–Crippen LogP) is 2.86. The van der Waals surface area contributed by atoms with E-state index in [1.807, 2.05) is 0 Å². The van der Waals surface area contributed by atoms with E-state index in [-0.39, 0.29) is 12.5 Å². The lowest BCUT2D eigenvalue weighted by Gasteiger charge is -2.35. The summed E-state index contributed by atoms with van der Waals surface area (Å²) in [4.78, 5) is 27.8. The number of nitrogens with zero attached hydrogens (tertiary/aromatic N) is 1. The number of carbonyl (C=O) groups excluding carboxylic acids is 1. The minimum atomic E-state index is -0.836. The van der Waals surface area contributed by atoms with Crippen LogP contribution in [0.4, 0.5) is 0 Å². The zero-order valence-corrected chi connectivity index (χ0v) is 13.5. The van der Waals surface area contributed by atoms with Gasteiger partial charge in [0.15, 0.2) is 0 Å². The fourth-order valence-electron chi connectivity index (χ4n) is 2.68. The van der Waals surface area contributed by atoms with Gasteiger partial charge in [0.1, 0.15) is 4.60 Å². The quantitative estimate of drug-likeness (QED) is 0.814. The van der Waals surface area contributed by atoms with Crippen molar-refractivity contribution in [2.24, 2.45) is 11.3 Å². The van der Waals surface area contributed by atoms with Crippen molar-refractivity contribution in [3.05, 3.63) is 28.5 Å². The number of carboxylic acid groups (broad SMARTS) is 1. The Morgan fingerprint density at radius 3 is 2.71 bits per heavy atom. The van der Waals surface area contributed by atoms with E-state index in [1.165, 1.54) is 0 Å². The largest absolute Gasteiger partial charge is 0.481 e. The van der Waals surface area contributed by atoms with Crippen molar-refractivity contribution in [1.29, 1.82) is 0 Å². The van der Waals surface area contributed by atoms with E-state index in [0.717, 1.165) is 12.8 Å². The van der Waals surface area contributed by atoms with Gasteiger partial charge in [-0.2, -0.15) is 0 Å². The number of carbonyl (C=O) groups is 2. The van der Waals surface area contributed by atoms with Crippen LogP contribution in [0.5, 0.6) is 0 Å². The third kappa shape index (κ3) is 3.61. The van der Waals surface area contributed by atoms with Crippen LogP contribution in [0, 0.1) is 11.3 Å². The van der Waals surface area contributed by atoms with Gasteiger partial charge in [-0.1, -0.05) is 6.92 Å². The third-order valence-electron chi connectivity index (χ3n) is 4.28. The maximum Gasteiger partial charge on any atom is 0.311 e. The van der Waals surface area contributed by atoms with E-state index in [4.69, 9.17) is 0 Å². The van der Waals surface area contributed by atoms with E-state index >= 15 is 0 Å². The molecule has 1 saturated carbocycles. The molecule has 0 radical (unpaired) electrons. The van der Waals surface area contributed by atoms with Crippen LogP contribution in [0.25, 0.3) is 0 Å². The van der Waals surface area contributed by atoms with Crippen LogP contribution in [-0.2, 0) is 4.79 Å². The molecule has 2 N–H and O–H groups in total. The summed E-state index contributed by atoms with van der Waals surface area (Å²) < 4.78 is 0.462. The second kappa shape index (κ2) is 6.56. The topological polar surface area (TPSA) is 79.3 Å². The van der Waals surface area contributed by atoms with Crippen molar-refractivity contribution in [3.8, 4) is 0 Å². The average Bonchev–Trinajstić information content (AvgIpc) is 2.47. The van der Waals surface area contributed by atoms with Gasteiger partial charge in [0.05, 0.1) is 11.0 Å². The van der Waals surface area contributed by atoms with Gasteiger partial charge in [-0.05, 0) is 59.7 Å². The van der Waals surface area contributed by atoms with Crippen LogP contribution in [0.2, 0.25) is 0 Å². The summed E-state index contributed by atoms with van der Waals surface area (Å²) in [6.45, 7) is 2.30. The van der Waals surface area contributed by atoms with Crippen LogP contribution < -0.4 is 5.32 Å². The van der Waals surface area contributed by atoms with Crippen LogP contribution in [-0.4, -0.2) is 28.5 Å². The van der Waals surface area contributed by atoms with Gasteiger partial charge >= 0.3 is 5.97 Å².